The van der Waals surface area contributed by atoms with Gasteiger partial charge in [-0.3, -0.25) is 4.79 Å². The minimum atomic E-state index is -0.0884. The van der Waals surface area contributed by atoms with Crippen molar-refractivity contribution in [2.75, 3.05) is 13.1 Å². The van der Waals surface area contributed by atoms with E-state index in [4.69, 9.17) is 34.8 Å². The smallest absolute Gasteiger partial charge is 0.253 e. The number of carbonyl (C=O) groups excluding carboxylic acids is 1. The predicted molar refractivity (Wildman–Crippen MR) is 159 cm³/mol. The van der Waals surface area contributed by atoms with Crippen LogP contribution in [0, 0.1) is 23.7 Å². The van der Waals surface area contributed by atoms with E-state index in [1.165, 1.54) is 19.3 Å². The Labute approximate surface area is 241 Å². The third-order valence-corrected chi connectivity index (χ3v) is 10.4. The monoisotopic (exact) mass is 571 g/mol. The van der Waals surface area contributed by atoms with Crippen molar-refractivity contribution in [2.45, 2.75) is 59.4 Å². The van der Waals surface area contributed by atoms with Gasteiger partial charge in [0.05, 0.1) is 22.0 Å². The molecule has 202 valence electrons. The van der Waals surface area contributed by atoms with Gasteiger partial charge in [-0.15, -0.1) is 0 Å². The molecule has 7 heteroatoms. The number of benzene rings is 2. The second kappa shape index (κ2) is 10.5. The molecule has 38 heavy (non-hydrogen) atoms. The summed E-state index contributed by atoms with van der Waals surface area (Å²) < 4.78 is 1.96. The summed E-state index contributed by atoms with van der Waals surface area (Å²) in [5.41, 5.74) is 4.87. The van der Waals surface area contributed by atoms with Gasteiger partial charge < -0.3 is 15.2 Å². The quantitative estimate of drug-likeness (QED) is 0.267. The van der Waals surface area contributed by atoms with E-state index in [1.807, 2.05) is 48.0 Å². The van der Waals surface area contributed by atoms with Crippen molar-refractivity contribution >= 4 is 40.7 Å². The highest BCUT2D eigenvalue weighted by Gasteiger charge is 2.60. The number of nitrogens with zero attached hydrogens (tertiary/aromatic N) is 1. The summed E-state index contributed by atoms with van der Waals surface area (Å²) in [5.74, 6) is 0.732. The van der Waals surface area contributed by atoms with Gasteiger partial charge in [0.2, 0.25) is 0 Å². The number of rotatable bonds is 8. The number of fused-ring (bicyclic) bond motifs is 2. The van der Waals surface area contributed by atoms with Crippen LogP contribution in [0.3, 0.4) is 0 Å². The standard InChI is InChI=1S/C31H36Cl3N3O/c1-19-24(29(38)36-15-5-14-35-27-16-21-12-13-31(27,4)30(21,2)3)18-37(26-11-10-23(33)17-25(26)34)28(19)20-6-8-22(32)9-7-20/h6-11,17-18,21,27,35H,5,12-16H2,1-4H3,(H,36,38). The van der Waals surface area contributed by atoms with Gasteiger partial charge in [0.15, 0.2) is 0 Å². The van der Waals surface area contributed by atoms with E-state index < -0.39 is 0 Å². The minimum Gasteiger partial charge on any atom is -0.352 e. The zero-order valence-corrected chi connectivity index (χ0v) is 24.8. The van der Waals surface area contributed by atoms with Crippen molar-refractivity contribution in [3.8, 4) is 16.9 Å². The molecule has 4 nitrogen and oxygen atoms in total. The van der Waals surface area contributed by atoms with Crippen molar-refractivity contribution < 1.29 is 4.79 Å². The van der Waals surface area contributed by atoms with Crippen molar-refractivity contribution in [2.24, 2.45) is 16.7 Å². The van der Waals surface area contributed by atoms with Gasteiger partial charge in [-0.2, -0.15) is 0 Å². The molecule has 0 aliphatic heterocycles. The summed E-state index contributed by atoms with van der Waals surface area (Å²) in [5, 5.41) is 8.68. The molecule has 2 saturated carbocycles. The Morgan fingerprint density at radius 3 is 2.37 bits per heavy atom. The summed E-state index contributed by atoms with van der Waals surface area (Å²) in [6, 6.07) is 13.6. The number of halogens is 3. The van der Waals surface area contributed by atoms with Gasteiger partial charge in [0, 0.05) is 28.8 Å². The Morgan fingerprint density at radius 2 is 1.74 bits per heavy atom. The molecule has 1 amide bonds. The molecule has 2 aliphatic carbocycles. The Bertz CT molecular complexity index is 1350. The summed E-state index contributed by atoms with van der Waals surface area (Å²) >= 11 is 18.9. The minimum absolute atomic E-state index is 0.0884. The van der Waals surface area contributed by atoms with Crippen LogP contribution < -0.4 is 10.6 Å². The molecule has 0 radical (unpaired) electrons. The molecule has 2 aromatic carbocycles. The molecule has 1 aromatic heterocycles. The molecule has 3 unspecified atom stereocenters. The fraction of sp³-hybridized carbons (Fsp3) is 0.452. The largest absolute Gasteiger partial charge is 0.352 e. The highest BCUT2D eigenvalue weighted by atomic mass is 35.5. The number of carbonyl (C=O) groups is 1. The first-order valence-electron chi connectivity index (χ1n) is 13.5. The van der Waals surface area contributed by atoms with Gasteiger partial charge in [-0.25, -0.2) is 0 Å². The molecule has 5 rings (SSSR count). The van der Waals surface area contributed by atoms with Crippen LogP contribution in [0.1, 0.15) is 62.4 Å². The van der Waals surface area contributed by atoms with Gasteiger partial charge in [-0.1, -0.05) is 67.7 Å². The molecule has 2 fully saturated rings. The average molecular weight is 573 g/mol. The summed E-state index contributed by atoms with van der Waals surface area (Å²) in [6.07, 6.45) is 6.68. The number of hydrogen-bond donors (Lipinski definition) is 2. The third kappa shape index (κ3) is 4.79. The lowest BCUT2D eigenvalue weighted by atomic mass is 9.69. The molecular formula is C31H36Cl3N3O. The molecule has 3 atom stereocenters. The second-order valence-corrected chi connectivity index (χ2v) is 13.0. The van der Waals surface area contributed by atoms with Crippen LogP contribution in [-0.4, -0.2) is 29.6 Å². The van der Waals surface area contributed by atoms with E-state index in [0.717, 1.165) is 41.4 Å². The Hall–Kier alpha value is -1.98. The summed E-state index contributed by atoms with van der Waals surface area (Å²) in [6.45, 7) is 10.8. The lowest BCUT2D eigenvalue weighted by Crippen LogP contribution is -2.45. The van der Waals surface area contributed by atoms with E-state index in [-0.39, 0.29) is 5.91 Å². The van der Waals surface area contributed by atoms with Crippen LogP contribution in [0.4, 0.5) is 0 Å². The second-order valence-electron chi connectivity index (χ2n) is 11.7. The lowest BCUT2D eigenvalue weighted by molar-refractivity contribution is 0.0951. The fourth-order valence-electron chi connectivity index (χ4n) is 6.83. The first-order chi connectivity index (χ1) is 18.0. The van der Waals surface area contributed by atoms with Gasteiger partial charge >= 0.3 is 0 Å². The third-order valence-electron chi connectivity index (χ3n) is 9.61. The zero-order valence-electron chi connectivity index (χ0n) is 22.5. The molecule has 2 aliphatic rings. The van der Waals surface area contributed by atoms with Gasteiger partial charge in [0.1, 0.15) is 0 Å². The van der Waals surface area contributed by atoms with Crippen molar-refractivity contribution in [3.05, 3.63) is 74.9 Å². The fourth-order valence-corrected chi connectivity index (χ4v) is 7.46. The van der Waals surface area contributed by atoms with Crippen LogP contribution in [0.25, 0.3) is 16.9 Å². The predicted octanol–water partition coefficient (Wildman–Crippen LogP) is 8.34. The van der Waals surface area contributed by atoms with Crippen LogP contribution in [0.5, 0.6) is 0 Å². The van der Waals surface area contributed by atoms with Crippen LogP contribution in [0.2, 0.25) is 15.1 Å². The normalized spacial score (nSPS) is 23.7. The van der Waals surface area contributed by atoms with E-state index in [2.05, 4.69) is 31.4 Å². The van der Waals surface area contributed by atoms with Crippen molar-refractivity contribution in [1.29, 1.82) is 0 Å². The van der Waals surface area contributed by atoms with E-state index in [1.54, 1.807) is 12.1 Å². The molecule has 0 spiro atoms. The van der Waals surface area contributed by atoms with E-state index in [9.17, 15) is 4.79 Å². The number of nitrogens with one attached hydrogen (secondary N) is 2. The van der Waals surface area contributed by atoms with Gasteiger partial charge in [-0.05, 0) is 97.4 Å². The number of aromatic nitrogens is 1. The highest BCUT2D eigenvalue weighted by Crippen LogP contribution is 2.65. The van der Waals surface area contributed by atoms with E-state index >= 15 is 0 Å². The first kappa shape index (κ1) is 27.6. The summed E-state index contributed by atoms with van der Waals surface area (Å²) in [7, 11) is 0. The number of hydrogen-bond acceptors (Lipinski definition) is 2. The lowest BCUT2D eigenvalue weighted by Gasteiger charge is -2.39. The average Bonchev–Trinajstić information content (AvgIpc) is 3.39. The maximum Gasteiger partial charge on any atom is 0.253 e. The molecular weight excluding hydrogens is 537 g/mol. The maximum absolute atomic E-state index is 13.3. The molecule has 0 saturated heterocycles. The molecule has 2 bridgehead atoms. The maximum atomic E-state index is 13.3. The van der Waals surface area contributed by atoms with Crippen molar-refractivity contribution in [1.82, 2.24) is 15.2 Å². The first-order valence-corrected chi connectivity index (χ1v) is 14.6. The van der Waals surface area contributed by atoms with Crippen molar-refractivity contribution in [3.63, 3.8) is 0 Å². The Balaban J connectivity index is 1.29. The van der Waals surface area contributed by atoms with Crippen LogP contribution >= 0.6 is 34.8 Å². The highest BCUT2D eigenvalue weighted by molar-refractivity contribution is 6.35. The molecule has 2 N–H and O–H groups in total. The molecule has 1 heterocycles. The molecule has 3 aromatic rings. The Kier molecular flexibility index (Phi) is 7.65. The topological polar surface area (TPSA) is 46.1 Å². The summed E-state index contributed by atoms with van der Waals surface area (Å²) in [4.78, 5) is 13.3. The SMILES string of the molecule is Cc1c(C(=O)NCCCNC2CC3CCC2(C)C3(C)C)cn(-c2ccc(Cl)cc2Cl)c1-c1ccc(Cl)cc1. The zero-order chi connectivity index (χ0) is 27.2. The van der Waals surface area contributed by atoms with E-state index in [0.29, 0.717) is 44.0 Å². The number of amides is 1. The van der Waals surface area contributed by atoms with Gasteiger partial charge in [0.25, 0.3) is 5.91 Å². The Morgan fingerprint density at radius 1 is 1.03 bits per heavy atom. The van der Waals surface area contributed by atoms with Crippen LogP contribution in [-0.2, 0) is 0 Å². The van der Waals surface area contributed by atoms with Crippen LogP contribution in [0.15, 0.2) is 48.7 Å².